The van der Waals surface area contributed by atoms with Crippen LogP contribution in [0.4, 0.5) is 24.7 Å². The minimum absolute atomic E-state index is 0.207. The van der Waals surface area contributed by atoms with Crippen LogP contribution in [0.5, 0.6) is 5.75 Å². The van der Waals surface area contributed by atoms with Gasteiger partial charge in [0.05, 0.1) is 6.54 Å². The highest BCUT2D eigenvalue weighted by molar-refractivity contribution is 7.80. The predicted octanol–water partition coefficient (Wildman–Crippen LogP) is 5.10. The minimum Gasteiger partial charge on any atom is -0.491 e. The number of hydrogen-bond acceptors (Lipinski definition) is 6. The Labute approximate surface area is 188 Å². The van der Waals surface area contributed by atoms with Crippen molar-refractivity contribution in [3.63, 3.8) is 0 Å². The first-order chi connectivity index (χ1) is 15.3. The molecule has 0 aliphatic heterocycles. The summed E-state index contributed by atoms with van der Waals surface area (Å²) in [5, 5.41) is 5.97. The van der Waals surface area contributed by atoms with Crippen LogP contribution in [0.25, 0.3) is 0 Å². The number of rotatable bonds is 10. The minimum atomic E-state index is -4.75. The van der Waals surface area contributed by atoms with Crippen LogP contribution in [0.15, 0.2) is 76.7 Å². The molecular formula is C21H20F3N5O2S. The molecule has 7 nitrogen and oxygen atoms in total. The van der Waals surface area contributed by atoms with Gasteiger partial charge in [0.1, 0.15) is 23.9 Å². The van der Waals surface area contributed by atoms with E-state index in [1.165, 1.54) is 30.5 Å². The maximum absolute atomic E-state index is 12.2. The van der Waals surface area contributed by atoms with E-state index in [2.05, 4.69) is 43.8 Å². The number of pyridine rings is 1. The average Bonchev–Trinajstić information content (AvgIpc) is 2.73. The summed E-state index contributed by atoms with van der Waals surface area (Å²) in [5.74, 6) is 0.734. The van der Waals surface area contributed by atoms with Gasteiger partial charge in [-0.15, -0.1) is 13.2 Å². The summed E-state index contributed by atoms with van der Waals surface area (Å²) in [6, 6.07) is 8.70. The molecule has 0 radical (unpaired) electrons. The molecule has 0 spiro atoms. The van der Waals surface area contributed by atoms with E-state index in [-0.39, 0.29) is 17.5 Å². The lowest BCUT2D eigenvalue weighted by molar-refractivity contribution is -0.274. The maximum Gasteiger partial charge on any atom is 0.573 e. The molecule has 0 aliphatic carbocycles. The lowest BCUT2D eigenvalue weighted by Gasteiger charge is -2.13. The fourth-order valence-corrected chi connectivity index (χ4v) is 2.52. The number of halogens is 3. The maximum atomic E-state index is 12.2. The van der Waals surface area contributed by atoms with Crippen LogP contribution in [0.2, 0.25) is 0 Å². The number of benzene rings is 1. The van der Waals surface area contributed by atoms with E-state index in [1.807, 2.05) is 0 Å². The highest BCUT2D eigenvalue weighted by atomic mass is 32.1. The van der Waals surface area contributed by atoms with E-state index in [0.29, 0.717) is 23.8 Å². The quantitative estimate of drug-likeness (QED) is 0.221. The van der Waals surface area contributed by atoms with Gasteiger partial charge < -0.3 is 20.1 Å². The second kappa shape index (κ2) is 12.2. The Morgan fingerprint density at radius 2 is 1.91 bits per heavy atom. The lowest BCUT2D eigenvalue weighted by Crippen LogP contribution is -2.20. The van der Waals surface area contributed by atoms with Gasteiger partial charge in [-0.25, -0.2) is 4.98 Å². The Balaban J connectivity index is 1.93. The van der Waals surface area contributed by atoms with Gasteiger partial charge in [0, 0.05) is 18.1 Å². The monoisotopic (exact) mass is 463 g/mol. The van der Waals surface area contributed by atoms with Crippen molar-refractivity contribution in [1.29, 1.82) is 0 Å². The molecule has 0 atom stereocenters. The summed E-state index contributed by atoms with van der Waals surface area (Å²) in [5.41, 5.74) is 1.30. The fourth-order valence-electron chi connectivity index (χ4n) is 2.29. The van der Waals surface area contributed by atoms with Crippen LogP contribution in [0, 0.1) is 0 Å². The van der Waals surface area contributed by atoms with Gasteiger partial charge in [0.25, 0.3) is 0 Å². The number of aliphatic imine (C=N–C) groups is 2. The van der Waals surface area contributed by atoms with Gasteiger partial charge in [0.15, 0.2) is 5.11 Å². The van der Waals surface area contributed by atoms with Crippen LogP contribution < -0.4 is 15.4 Å². The van der Waals surface area contributed by atoms with Crippen molar-refractivity contribution in [1.82, 2.24) is 4.98 Å². The third-order valence-electron chi connectivity index (χ3n) is 3.58. The van der Waals surface area contributed by atoms with Crippen molar-refractivity contribution in [2.45, 2.75) is 13.0 Å². The van der Waals surface area contributed by atoms with Crippen LogP contribution in [0.3, 0.4) is 0 Å². The molecular weight excluding hydrogens is 443 g/mol. The molecule has 2 N–H and O–H groups in total. The summed E-state index contributed by atoms with van der Waals surface area (Å²) in [6.45, 7) is 7.37. The number of aromatic nitrogens is 1. The van der Waals surface area contributed by atoms with E-state index in [0.717, 1.165) is 5.56 Å². The number of thiocarbonyl (C=S) groups is 1. The summed E-state index contributed by atoms with van der Waals surface area (Å²) in [4.78, 5) is 11.6. The van der Waals surface area contributed by atoms with Crippen molar-refractivity contribution in [2.75, 3.05) is 17.2 Å². The first-order valence-electron chi connectivity index (χ1n) is 9.04. The standard InChI is InChI=1S/C21H20F3N5O2S/c1-25-10-3-4-18(13-26-2)30-14-15-9-11-27-19(12-15)29-20(32)28-16-5-7-17(8-6-16)31-21(22,23)24/h3-12H,1-2,13-14H2,(H2,27,28,29,32)/b10-3-,18-4+. The van der Waals surface area contributed by atoms with Gasteiger partial charge in [-0.1, -0.05) is 0 Å². The van der Waals surface area contributed by atoms with Crippen LogP contribution >= 0.6 is 12.2 Å². The van der Waals surface area contributed by atoms with E-state index in [9.17, 15) is 13.2 Å². The van der Waals surface area contributed by atoms with Gasteiger partial charge in [0.2, 0.25) is 0 Å². The smallest absolute Gasteiger partial charge is 0.491 e. The zero-order valence-corrected chi connectivity index (χ0v) is 17.6. The number of alkyl halides is 3. The van der Waals surface area contributed by atoms with E-state index in [4.69, 9.17) is 17.0 Å². The third-order valence-corrected chi connectivity index (χ3v) is 3.78. The van der Waals surface area contributed by atoms with Crippen LogP contribution in [-0.4, -0.2) is 36.4 Å². The molecule has 0 saturated carbocycles. The number of anilines is 2. The van der Waals surface area contributed by atoms with Crippen LogP contribution in [-0.2, 0) is 11.3 Å². The van der Waals surface area contributed by atoms with Crippen LogP contribution in [0.1, 0.15) is 5.56 Å². The highest BCUT2D eigenvalue weighted by Gasteiger charge is 2.30. The van der Waals surface area contributed by atoms with E-state index >= 15 is 0 Å². The molecule has 0 amide bonds. The number of nitrogens with zero attached hydrogens (tertiary/aromatic N) is 3. The Kier molecular flexibility index (Phi) is 9.36. The fraction of sp³-hybridized carbons (Fsp3) is 0.143. The lowest BCUT2D eigenvalue weighted by atomic mass is 10.3. The van der Waals surface area contributed by atoms with Crippen molar-refractivity contribution in [2.24, 2.45) is 9.98 Å². The van der Waals surface area contributed by atoms with E-state index < -0.39 is 6.36 Å². The summed E-state index contributed by atoms with van der Waals surface area (Å²) in [7, 11) is 0. The van der Waals surface area contributed by atoms with E-state index in [1.54, 1.807) is 30.5 Å². The Bertz CT molecular complexity index is 992. The largest absolute Gasteiger partial charge is 0.573 e. The molecule has 0 fully saturated rings. The molecule has 1 heterocycles. The summed E-state index contributed by atoms with van der Waals surface area (Å²) < 4.78 is 46.3. The molecule has 1 aromatic heterocycles. The SMILES string of the molecule is C=N/C=C\C=C(/CN=C)OCc1ccnc(NC(=S)Nc2ccc(OC(F)(F)F)cc2)c1. The molecule has 0 saturated heterocycles. The number of nitrogens with one attached hydrogen (secondary N) is 2. The average molecular weight is 463 g/mol. The Morgan fingerprint density at radius 1 is 1.16 bits per heavy atom. The number of hydrogen-bond donors (Lipinski definition) is 2. The highest BCUT2D eigenvalue weighted by Crippen LogP contribution is 2.24. The Hall–Kier alpha value is -3.73. The number of ether oxygens (including phenoxy) is 2. The molecule has 1 aromatic carbocycles. The van der Waals surface area contributed by atoms with Gasteiger partial charge in [-0.05, 0) is 79.8 Å². The zero-order valence-electron chi connectivity index (χ0n) is 16.8. The van der Waals surface area contributed by atoms with Crippen molar-refractivity contribution in [3.8, 4) is 5.75 Å². The molecule has 11 heteroatoms. The summed E-state index contributed by atoms with van der Waals surface area (Å²) in [6.07, 6.45) is 1.76. The molecule has 2 rings (SSSR count). The molecule has 0 bridgehead atoms. The predicted molar refractivity (Wildman–Crippen MR) is 123 cm³/mol. The third kappa shape index (κ3) is 9.39. The molecule has 32 heavy (non-hydrogen) atoms. The second-order valence-electron chi connectivity index (χ2n) is 6.03. The first kappa shape index (κ1) is 24.5. The second-order valence-corrected chi connectivity index (χ2v) is 6.44. The summed E-state index contributed by atoms with van der Waals surface area (Å²) >= 11 is 5.23. The molecule has 168 valence electrons. The topological polar surface area (TPSA) is 80.1 Å². The molecule has 0 unspecified atom stereocenters. The number of allylic oxidation sites excluding steroid dienone is 2. The molecule has 0 aliphatic rings. The van der Waals surface area contributed by atoms with Crippen molar-refractivity contribution >= 4 is 42.3 Å². The van der Waals surface area contributed by atoms with Gasteiger partial charge >= 0.3 is 6.36 Å². The zero-order chi connectivity index (χ0) is 23.4. The normalized spacial score (nSPS) is 11.7. The van der Waals surface area contributed by atoms with Gasteiger partial charge in [-0.2, -0.15) is 0 Å². The van der Waals surface area contributed by atoms with Crippen molar-refractivity contribution in [3.05, 3.63) is 72.3 Å². The Morgan fingerprint density at radius 3 is 2.56 bits per heavy atom. The molecule has 2 aromatic rings. The first-order valence-corrected chi connectivity index (χ1v) is 9.45. The van der Waals surface area contributed by atoms with Gasteiger partial charge in [-0.3, -0.25) is 9.98 Å². The van der Waals surface area contributed by atoms with Crippen molar-refractivity contribution < 1.29 is 22.6 Å².